The van der Waals surface area contributed by atoms with Crippen LogP contribution in [0.1, 0.15) is 40.0 Å². The van der Waals surface area contributed by atoms with Crippen LogP contribution in [-0.2, 0) is 0 Å². The summed E-state index contributed by atoms with van der Waals surface area (Å²) in [4.78, 5) is 5.13. The highest BCUT2D eigenvalue weighted by Crippen LogP contribution is 2.22. The normalized spacial score (nSPS) is 28.7. The van der Waals surface area contributed by atoms with Gasteiger partial charge in [-0.3, -0.25) is 15.1 Å². The molecular formula is C15H28N4. The highest BCUT2D eigenvalue weighted by Gasteiger charge is 2.33. The van der Waals surface area contributed by atoms with Crippen LogP contribution in [0.5, 0.6) is 0 Å². The zero-order valence-corrected chi connectivity index (χ0v) is 12.7. The Morgan fingerprint density at radius 2 is 2.05 bits per heavy atom. The number of hydrogen-bond donors (Lipinski definition) is 1. The van der Waals surface area contributed by atoms with Gasteiger partial charge >= 0.3 is 0 Å². The van der Waals surface area contributed by atoms with Crippen molar-refractivity contribution in [3.8, 4) is 6.07 Å². The Balaban J connectivity index is 1.95. The van der Waals surface area contributed by atoms with Crippen LogP contribution in [0.15, 0.2) is 0 Å². The molecule has 2 saturated heterocycles. The van der Waals surface area contributed by atoms with Gasteiger partial charge in [0.2, 0.25) is 0 Å². The van der Waals surface area contributed by atoms with Crippen LogP contribution in [-0.4, -0.2) is 60.1 Å². The minimum atomic E-state index is -0.429. The first-order valence-corrected chi connectivity index (χ1v) is 7.68. The maximum absolute atomic E-state index is 9.47. The molecule has 2 unspecified atom stereocenters. The Hall–Kier alpha value is -0.630. The minimum absolute atomic E-state index is 0.347. The first-order valence-electron chi connectivity index (χ1n) is 7.68. The van der Waals surface area contributed by atoms with E-state index in [1.54, 1.807) is 0 Å². The van der Waals surface area contributed by atoms with E-state index in [0.29, 0.717) is 6.04 Å². The van der Waals surface area contributed by atoms with E-state index < -0.39 is 5.54 Å². The van der Waals surface area contributed by atoms with Crippen molar-refractivity contribution in [2.75, 3.05) is 32.7 Å². The summed E-state index contributed by atoms with van der Waals surface area (Å²) in [6.45, 7) is 11.9. The summed E-state index contributed by atoms with van der Waals surface area (Å²) in [6, 6.07) is 3.54. The van der Waals surface area contributed by atoms with Gasteiger partial charge in [0.05, 0.1) is 6.07 Å². The molecule has 2 aliphatic rings. The molecule has 0 bridgehead atoms. The molecule has 0 aromatic carbocycles. The van der Waals surface area contributed by atoms with Gasteiger partial charge in [-0.05, 0) is 59.7 Å². The summed E-state index contributed by atoms with van der Waals surface area (Å²) in [5, 5.41) is 12.9. The third kappa shape index (κ3) is 3.92. The lowest BCUT2D eigenvalue weighted by molar-refractivity contribution is 0.188. The van der Waals surface area contributed by atoms with Gasteiger partial charge in [0, 0.05) is 25.2 Å². The first kappa shape index (κ1) is 14.8. The fourth-order valence-corrected chi connectivity index (χ4v) is 3.62. The van der Waals surface area contributed by atoms with Gasteiger partial charge in [0.25, 0.3) is 0 Å². The molecule has 4 nitrogen and oxygen atoms in total. The molecule has 2 atom stereocenters. The molecule has 0 aromatic heterocycles. The summed E-state index contributed by atoms with van der Waals surface area (Å²) < 4.78 is 0. The standard InChI is InChI=1S/C15H28N4/c1-13(2)17-15(3,11-16)12-18-7-5-9-19-8-4-6-14(19)10-18/h13-14,17H,4-10,12H2,1-3H3. The smallest absolute Gasteiger partial charge is 0.116 e. The third-order valence-corrected chi connectivity index (χ3v) is 4.28. The van der Waals surface area contributed by atoms with Crippen molar-refractivity contribution < 1.29 is 0 Å². The van der Waals surface area contributed by atoms with E-state index in [1.807, 2.05) is 6.92 Å². The Morgan fingerprint density at radius 3 is 2.74 bits per heavy atom. The molecule has 0 spiro atoms. The van der Waals surface area contributed by atoms with Gasteiger partial charge in [0.1, 0.15) is 5.54 Å². The van der Waals surface area contributed by atoms with Crippen LogP contribution < -0.4 is 5.32 Å². The summed E-state index contributed by atoms with van der Waals surface area (Å²) in [5.41, 5.74) is -0.429. The Labute approximate surface area is 117 Å². The van der Waals surface area contributed by atoms with Crippen molar-refractivity contribution >= 4 is 0 Å². The van der Waals surface area contributed by atoms with Crippen LogP contribution >= 0.6 is 0 Å². The molecule has 2 fully saturated rings. The Bertz CT molecular complexity index is 336. The molecule has 0 saturated carbocycles. The van der Waals surface area contributed by atoms with E-state index in [-0.39, 0.29) is 0 Å². The lowest BCUT2D eigenvalue weighted by Crippen LogP contribution is -2.54. The van der Waals surface area contributed by atoms with Gasteiger partial charge < -0.3 is 0 Å². The summed E-state index contributed by atoms with van der Waals surface area (Å²) in [6.07, 6.45) is 3.91. The number of rotatable bonds is 4. The monoisotopic (exact) mass is 264 g/mol. The predicted molar refractivity (Wildman–Crippen MR) is 77.9 cm³/mol. The highest BCUT2D eigenvalue weighted by molar-refractivity contribution is 5.07. The molecule has 0 aromatic rings. The molecule has 1 N–H and O–H groups in total. The van der Waals surface area contributed by atoms with Crippen LogP contribution in [0.25, 0.3) is 0 Å². The summed E-state index contributed by atoms with van der Waals surface area (Å²) in [7, 11) is 0. The molecule has 2 heterocycles. The third-order valence-electron chi connectivity index (χ3n) is 4.28. The summed E-state index contributed by atoms with van der Waals surface area (Å²) >= 11 is 0. The van der Waals surface area contributed by atoms with E-state index >= 15 is 0 Å². The molecule has 0 radical (unpaired) electrons. The van der Waals surface area contributed by atoms with Crippen LogP contribution in [0.4, 0.5) is 0 Å². The largest absolute Gasteiger partial charge is 0.299 e. The lowest BCUT2D eigenvalue weighted by atomic mass is 10.0. The van der Waals surface area contributed by atoms with Crippen LogP contribution in [0, 0.1) is 11.3 Å². The predicted octanol–water partition coefficient (Wildman–Crippen LogP) is 1.44. The van der Waals surface area contributed by atoms with Crippen LogP contribution in [0.2, 0.25) is 0 Å². The minimum Gasteiger partial charge on any atom is -0.299 e. The van der Waals surface area contributed by atoms with Gasteiger partial charge in [-0.15, -0.1) is 0 Å². The molecular weight excluding hydrogens is 236 g/mol. The molecule has 108 valence electrons. The van der Waals surface area contributed by atoms with E-state index in [4.69, 9.17) is 0 Å². The zero-order chi connectivity index (χ0) is 13.9. The van der Waals surface area contributed by atoms with Crippen molar-refractivity contribution in [3.05, 3.63) is 0 Å². The second-order valence-electron chi connectivity index (χ2n) is 6.66. The topological polar surface area (TPSA) is 42.3 Å². The SMILES string of the molecule is CC(C)NC(C)(C#N)CN1CCCN2CCCC2C1. The van der Waals surface area contributed by atoms with E-state index in [1.165, 1.54) is 32.4 Å². The van der Waals surface area contributed by atoms with Crippen molar-refractivity contribution in [3.63, 3.8) is 0 Å². The zero-order valence-electron chi connectivity index (χ0n) is 12.7. The molecule has 19 heavy (non-hydrogen) atoms. The quantitative estimate of drug-likeness (QED) is 0.834. The average Bonchev–Trinajstić information content (AvgIpc) is 2.68. The highest BCUT2D eigenvalue weighted by atomic mass is 15.3. The first-order chi connectivity index (χ1) is 9.02. The van der Waals surface area contributed by atoms with Crippen molar-refractivity contribution in [2.24, 2.45) is 0 Å². The van der Waals surface area contributed by atoms with Gasteiger partial charge in [0.15, 0.2) is 0 Å². The van der Waals surface area contributed by atoms with E-state index in [9.17, 15) is 5.26 Å². The Morgan fingerprint density at radius 1 is 1.32 bits per heavy atom. The molecule has 0 aliphatic carbocycles. The van der Waals surface area contributed by atoms with Gasteiger partial charge in [-0.2, -0.15) is 5.26 Å². The fraction of sp³-hybridized carbons (Fsp3) is 0.933. The Kier molecular flexibility index (Phi) is 4.83. The van der Waals surface area contributed by atoms with Crippen molar-refractivity contribution in [1.29, 1.82) is 5.26 Å². The average molecular weight is 264 g/mol. The number of hydrogen-bond acceptors (Lipinski definition) is 4. The molecule has 4 heteroatoms. The van der Waals surface area contributed by atoms with Crippen molar-refractivity contribution in [2.45, 2.75) is 57.7 Å². The van der Waals surface area contributed by atoms with E-state index in [2.05, 4.69) is 35.0 Å². The van der Waals surface area contributed by atoms with E-state index in [0.717, 1.165) is 25.7 Å². The maximum Gasteiger partial charge on any atom is 0.116 e. The molecule has 2 rings (SSSR count). The van der Waals surface area contributed by atoms with Crippen LogP contribution in [0.3, 0.4) is 0 Å². The van der Waals surface area contributed by atoms with Gasteiger partial charge in [-0.25, -0.2) is 0 Å². The second-order valence-corrected chi connectivity index (χ2v) is 6.66. The lowest BCUT2D eigenvalue weighted by Gasteiger charge is -2.33. The van der Waals surface area contributed by atoms with Crippen molar-refractivity contribution in [1.82, 2.24) is 15.1 Å². The summed E-state index contributed by atoms with van der Waals surface area (Å²) in [5.74, 6) is 0. The molecule has 2 aliphatic heterocycles. The van der Waals surface area contributed by atoms with Gasteiger partial charge in [-0.1, -0.05) is 0 Å². The number of nitrogens with zero attached hydrogens (tertiary/aromatic N) is 3. The number of nitriles is 1. The second kappa shape index (κ2) is 6.21. The molecule has 0 amide bonds. The number of nitrogens with one attached hydrogen (secondary N) is 1. The number of fused-ring (bicyclic) bond motifs is 1. The maximum atomic E-state index is 9.47. The fourth-order valence-electron chi connectivity index (χ4n) is 3.62.